The summed E-state index contributed by atoms with van der Waals surface area (Å²) in [6, 6.07) is 14.2. The second-order valence-corrected chi connectivity index (χ2v) is 8.08. The third-order valence-corrected chi connectivity index (χ3v) is 5.62. The third-order valence-electron chi connectivity index (χ3n) is 4.09. The molecule has 0 radical (unpaired) electrons. The highest BCUT2D eigenvalue weighted by molar-refractivity contribution is 7.89. The van der Waals surface area contributed by atoms with Crippen LogP contribution in [-0.2, 0) is 19.6 Å². The van der Waals surface area contributed by atoms with E-state index in [4.69, 9.17) is 4.74 Å². The lowest BCUT2D eigenvalue weighted by Gasteiger charge is -2.16. The largest absolute Gasteiger partial charge is 0.449 e. The number of hydrogen-bond acceptors (Lipinski definition) is 5. The first-order chi connectivity index (χ1) is 13.7. The molecule has 0 aliphatic heterocycles. The summed E-state index contributed by atoms with van der Waals surface area (Å²) in [5.74, 6) is -1.26. The molecule has 0 saturated heterocycles. The molecule has 2 aromatic rings. The zero-order valence-electron chi connectivity index (χ0n) is 16.3. The Morgan fingerprint density at radius 2 is 1.79 bits per heavy atom. The van der Waals surface area contributed by atoms with Crippen molar-refractivity contribution < 1.29 is 22.7 Å². The summed E-state index contributed by atoms with van der Waals surface area (Å²) in [4.78, 5) is 24.1. The first-order valence-electron chi connectivity index (χ1n) is 9.01. The van der Waals surface area contributed by atoms with Crippen LogP contribution in [0.15, 0.2) is 72.1 Å². The van der Waals surface area contributed by atoms with E-state index >= 15 is 0 Å². The van der Waals surface area contributed by atoms with Crippen molar-refractivity contribution in [1.29, 1.82) is 0 Å². The maximum atomic E-state index is 12.7. The van der Waals surface area contributed by atoms with Crippen molar-refractivity contribution in [3.8, 4) is 0 Å². The Labute approximate surface area is 170 Å². The predicted octanol–water partition coefficient (Wildman–Crippen LogP) is 2.57. The number of carbonyl (C=O) groups is 2. The van der Waals surface area contributed by atoms with Gasteiger partial charge in [-0.2, -0.15) is 0 Å². The van der Waals surface area contributed by atoms with Crippen LogP contribution in [0.4, 0.5) is 0 Å². The topological polar surface area (TPSA) is 102 Å². The highest BCUT2D eigenvalue weighted by Gasteiger charge is 2.22. The van der Waals surface area contributed by atoms with Crippen LogP contribution in [0.25, 0.3) is 0 Å². The molecule has 7 nitrogen and oxygen atoms in total. The van der Waals surface area contributed by atoms with Gasteiger partial charge in [-0.05, 0) is 37.6 Å². The van der Waals surface area contributed by atoms with Gasteiger partial charge < -0.3 is 10.1 Å². The van der Waals surface area contributed by atoms with Gasteiger partial charge >= 0.3 is 5.97 Å². The van der Waals surface area contributed by atoms with E-state index in [1.807, 2.05) is 30.3 Å². The minimum absolute atomic E-state index is 0.0311. The standard InChI is InChI=1S/C21H24N2O5S/c1-4-13-22-20(24)16(3)28-21(25)18-11-8-12-19(14-18)29(26,27)23-15(2)17-9-6-5-7-10-17/h4-12,14-16,23H,1,13H2,2-3H3,(H,22,24)/t15-,16-/m0/s1. The Kier molecular flexibility index (Phi) is 7.69. The van der Waals surface area contributed by atoms with E-state index in [-0.39, 0.29) is 17.0 Å². The van der Waals surface area contributed by atoms with Gasteiger partial charge in [-0.1, -0.05) is 42.5 Å². The second-order valence-electron chi connectivity index (χ2n) is 6.36. The van der Waals surface area contributed by atoms with E-state index < -0.39 is 34.0 Å². The van der Waals surface area contributed by atoms with E-state index in [2.05, 4.69) is 16.6 Å². The molecule has 0 aromatic heterocycles. The molecule has 0 heterocycles. The molecule has 0 saturated carbocycles. The molecule has 8 heteroatoms. The zero-order valence-corrected chi connectivity index (χ0v) is 17.1. The number of nitrogens with one attached hydrogen (secondary N) is 2. The van der Waals surface area contributed by atoms with Gasteiger partial charge in [-0.3, -0.25) is 4.79 Å². The van der Waals surface area contributed by atoms with Gasteiger partial charge in [0.1, 0.15) is 0 Å². The Morgan fingerprint density at radius 1 is 1.10 bits per heavy atom. The molecule has 0 spiro atoms. The SMILES string of the molecule is C=CCNC(=O)[C@H](C)OC(=O)c1cccc(S(=O)(=O)N[C@@H](C)c2ccccc2)c1. The molecular formula is C21H24N2O5S. The number of carbonyl (C=O) groups excluding carboxylic acids is 2. The number of ether oxygens (including phenoxy) is 1. The maximum absolute atomic E-state index is 12.7. The Morgan fingerprint density at radius 3 is 2.45 bits per heavy atom. The van der Waals surface area contributed by atoms with E-state index in [0.29, 0.717) is 0 Å². The summed E-state index contributed by atoms with van der Waals surface area (Å²) in [6.07, 6.45) is 0.475. The fraction of sp³-hybridized carbons (Fsp3) is 0.238. The van der Waals surface area contributed by atoms with Crippen molar-refractivity contribution in [3.05, 3.63) is 78.4 Å². The average molecular weight is 416 g/mol. The zero-order chi connectivity index (χ0) is 21.4. The lowest BCUT2D eigenvalue weighted by Crippen LogP contribution is -2.35. The number of benzene rings is 2. The maximum Gasteiger partial charge on any atom is 0.338 e. The van der Waals surface area contributed by atoms with Crippen molar-refractivity contribution in [2.45, 2.75) is 30.9 Å². The van der Waals surface area contributed by atoms with Crippen molar-refractivity contribution in [3.63, 3.8) is 0 Å². The summed E-state index contributed by atoms with van der Waals surface area (Å²) >= 11 is 0. The van der Waals surface area contributed by atoms with Crippen LogP contribution in [0, 0.1) is 0 Å². The Hall–Kier alpha value is -2.97. The predicted molar refractivity (Wildman–Crippen MR) is 110 cm³/mol. The summed E-state index contributed by atoms with van der Waals surface area (Å²) in [7, 11) is -3.87. The molecule has 2 rings (SSSR count). The molecule has 2 aromatic carbocycles. The van der Waals surface area contributed by atoms with E-state index in [9.17, 15) is 18.0 Å². The smallest absolute Gasteiger partial charge is 0.338 e. The van der Waals surface area contributed by atoms with Gasteiger partial charge in [0.25, 0.3) is 5.91 Å². The molecule has 154 valence electrons. The Bertz CT molecular complexity index is 974. The summed E-state index contributed by atoms with van der Waals surface area (Å²) in [5.41, 5.74) is 0.842. The highest BCUT2D eigenvalue weighted by Crippen LogP contribution is 2.18. The number of sulfonamides is 1. The molecule has 2 N–H and O–H groups in total. The van der Waals surface area contributed by atoms with Crippen LogP contribution in [-0.4, -0.2) is 32.9 Å². The number of rotatable bonds is 9. The molecule has 2 atom stereocenters. The molecule has 0 unspecified atom stereocenters. The fourth-order valence-electron chi connectivity index (χ4n) is 2.50. The van der Waals surface area contributed by atoms with Gasteiger partial charge in [0.05, 0.1) is 10.5 Å². The van der Waals surface area contributed by atoms with Gasteiger partial charge in [0.2, 0.25) is 10.0 Å². The van der Waals surface area contributed by atoms with Crippen LogP contribution < -0.4 is 10.0 Å². The lowest BCUT2D eigenvalue weighted by molar-refractivity contribution is -0.128. The number of hydrogen-bond donors (Lipinski definition) is 2. The van der Waals surface area contributed by atoms with Crippen LogP contribution in [0.3, 0.4) is 0 Å². The minimum atomic E-state index is -3.87. The quantitative estimate of drug-likeness (QED) is 0.483. The van der Waals surface area contributed by atoms with E-state index in [1.54, 1.807) is 6.92 Å². The molecule has 0 aliphatic carbocycles. The van der Waals surface area contributed by atoms with E-state index in [0.717, 1.165) is 5.56 Å². The third kappa shape index (κ3) is 6.27. The molecule has 0 aliphatic rings. The van der Waals surface area contributed by atoms with Crippen LogP contribution in [0.2, 0.25) is 0 Å². The van der Waals surface area contributed by atoms with Crippen LogP contribution >= 0.6 is 0 Å². The first-order valence-corrected chi connectivity index (χ1v) is 10.5. The van der Waals surface area contributed by atoms with Gasteiger partial charge in [0.15, 0.2) is 6.10 Å². The molecular weight excluding hydrogens is 392 g/mol. The first kappa shape index (κ1) is 22.3. The summed E-state index contributed by atoms with van der Waals surface area (Å²) < 4.78 is 33.1. The minimum Gasteiger partial charge on any atom is -0.449 e. The number of amides is 1. The normalized spacial score (nSPS) is 13.2. The monoisotopic (exact) mass is 416 g/mol. The summed E-state index contributed by atoms with van der Waals surface area (Å²) in [6.45, 7) is 6.90. The van der Waals surface area contributed by atoms with Crippen molar-refractivity contribution in [1.82, 2.24) is 10.0 Å². The molecule has 0 bridgehead atoms. The van der Waals surface area contributed by atoms with Crippen LogP contribution in [0.5, 0.6) is 0 Å². The van der Waals surface area contributed by atoms with Gasteiger partial charge in [-0.25, -0.2) is 17.9 Å². The fourth-order valence-corrected chi connectivity index (χ4v) is 3.78. The molecule has 1 amide bonds. The Balaban J connectivity index is 2.12. The average Bonchev–Trinajstić information content (AvgIpc) is 2.72. The number of esters is 1. The van der Waals surface area contributed by atoms with Gasteiger partial charge in [-0.15, -0.1) is 6.58 Å². The van der Waals surface area contributed by atoms with Crippen molar-refractivity contribution >= 4 is 21.9 Å². The molecule has 29 heavy (non-hydrogen) atoms. The van der Waals surface area contributed by atoms with E-state index in [1.165, 1.54) is 37.3 Å². The van der Waals surface area contributed by atoms with Crippen LogP contribution in [0.1, 0.15) is 35.8 Å². The van der Waals surface area contributed by atoms with Crippen molar-refractivity contribution in [2.75, 3.05) is 6.54 Å². The lowest BCUT2D eigenvalue weighted by atomic mass is 10.1. The second kappa shape index (κ2) is 9.99. The summed E-state index contributed by atoms with van der Waals surface area (Å²) in [5, 5.41) is 2.52. The highest BCUT2D eigenvalue weighted by atomic mass is 32.2. The molecule has 0 fully saturated rings. The van der Waals surface area contributed by atoms with Crippen molar-refractivity contribution in [2.24, 2.45) is 0 Å². The van der Waals surface area contributed by atoms with Gasteiger partial charge in [0, 0.05) is 12.6 Å².